The van der Waals surface area contributed by atoms with Gasteiger partial charge in [0.15, 0.2) is 0 Å². The molecule has 0 saturated carbocycles. The number of ether oxygens (including phenoxy) is 2. The molecule has 0 bridgehead atoms. The second kappa shape index (κ2) is 7.76. The molecule has 1 aromatic carbocycles. The maximum absolute atomic E-state index is 11.6. The normalized spacial score (nSPS) is 13.9. The van der Waals surface area contributed by atoms with Crippen LogP contribution in [0.1, 0.15) is 42.8 Å². The fourth-order valence-corrected chi connectivity index (χ4v) is 2.46. The third kappa shape index (κ3) is 4.74. The summed E-state index contributed by atoms with van der Waals surface area (Å²) in [6.07, 6.45) is -1.59. The van der Waals surface area contributed by atoms with E-state index < -0.39 is 29.9 Å². The van der Waals surface area contributed by atoms with Gasteiger partial charge in [0, 0.05) is 29.2 Å². The molecule has 0 saturated heterocycles. The second-order valence-corrected chi connectivity index (χ2v) is 6.89. The van der Waals surface area contributed by atoms with E-state index in [0.29, 0.717) is 22.0 Å². The Morgan fingerprint density at radius 2 is 1.96 bits per heavy atom. The Bertz CT molecular complexity index is 793. The highest BCUT2D eigenvalue weighted by Crippen LogP contribution is 2.27. The van der Waals surface area contributed by atoms with Gasteiger partial charge in [-0.2, -0.15) is 0 Å². The number of aliphatic hydroxyl groups is 2. The Kier molecular flexibility index (Phi) is 5.89. The number of hydrogen-bond acceptors (Lipinski definition) is 6. The number of rotatable bonds is 5. The van der Waals surface area contributed by atoms with Crippen molar-refractivity contribution in [2.45, 2.75) is 38.6 Å². The minimum Gasteiger partial charge on any atom is -0.465 e. The van der Waals surface area contributed by atoms with E-state index >= 15 is 0 Å². The fourth-order valence-electron chi connectivity index (χ4n) is 2.46. The summed E-state index contributed by atoms with van der Waals surface area (Å²) >= 11 is 0. The molecular formula is C18H24N2O6. The summed E-state index contributed by atoms with van der Waals surface area (Å²) < 4.78 is 9.75. The number of alkyl carbamates (subject to hydrolysis) is 1. The van der Waals surface area contributed by atoms with Gasteiger partial charge in [-0.1, -0.05) is 6.07 Å². The lowest BCUT2D eigenvalue weighted by Crippen LogP contribution is -2.38. The van der Waals surface area contributed by atoms with Gasteiger partial charge in [0.05, 0.1) is 12.7 Å². The Balaban J connectivity index is 2.07. The molecule has 4 N–H and O–H groups in total. The van der Waals surface area contributed by atoms with Gasteiger partial charge >= 0.3 is 12.1 Å². The number of carbonyl (C=O) groups excluding carboxylic acids is 2. The van der Waals surface area contributed by atoms with E-state index in [1.165, 1.54) is 7.11 Å². The Labute approximate surface area is 151 Å². The van der Waals surface area contributed by atoms with Gasteiger partial charge in [0.2, 0.25) is 0 Å². The molecule has 0 radical (unpaired) electrons. The van der Waals surface area contributed by atoms with Crippen LogP contribution in [0.5, 0.6) is 0 Å². The number of esters is 1. The van der Waals surface area contributed by atoms with Crippen molar-refractivity contribution in [1.29, 1.82) is 0 Å². The molecule has 1 aromatic heterocycles. The van der Waals surface area contributed by atoms with E-state index in [1.54, 1.807) is 45.2 Å². The van der Waals surface area contributed by atoms with Crippen LogP contribution in [0, 0.1) is 0 Å². The van der Waals surface area contributed by atoms with Gasteiger partial charge in [0.25, 0.3) is 0 Å². The number of aliphatic hydroxyl groups excluding tert-OH is 2. The van der Waals surface area contributed by atoms with E-state index in [2.05, 4.69) is 15.0 Å². The van der Waals surface area contributed by atoms with Crippen LogP contribution in [-0.4, -0.2) is 52.6 Å². The fraction of sp³-hybridized carbons (Fsp3) is 0.444. The van der Waals surface area contributed by atoms with Crippen molar-refractivity contribution in [3.8, 4) is 0 Å². The first-order chi connectivity index (χ1) is 12.1. The molecule has 0 aliphatic carbocycles. The van der Waals surface area contributed by atoms with Crippen LogP contribution in [0.4, 0.5) is 4.79 Å². The summed E-state index contributed by atoms with van der Waals surface area (Å²) in [5, 5.41) is 23.6. The van der Waals surface area contributed by atoms with Crippen LogP contribution in [0.15, 0.2) is 24.4 Å². The molecule has 1 heterocycles. The standard InChI is InChI=1S/C18H24N2O6/c1-18(2,3)26-17(24)20-9-14(21)15(22)12-8-19-13-7-10(16(23)25-4)5-6-11(12)13/h5-8,14-15,19,21-22H,9H2,1-4H3,(H,20,24). The third-order valence-corrected chi connectivity index (χ3v) is 3.67. The van der Waals surface area contributed by atoms with Crippen LogP contribution >= 0.6 is 0 Å². The molecule has 2 aromatic rings. The van der Waals surface area contributed by atoms with Gasteiger partial charge < -0.3 is 30.0 Å². The van der Waals surface area contributed by atoms with Crippen molar-refractivity contribution in [3.63, 3.8) is 0 Å². The zero-order valence-electron chi connectivity index (χ0n) is 15.2. The molecule has 2 rings (SSSR count). The average molecular weight is 364 g/mol. The van der Waals surface area contributed by atoms with Gasteiger partial charge in [-0.3, -0.25) is 0 Å². The molecule has 0 aliphatic heterocycles. The SMILES string of the molecule is COC(=O)c1ccc2c(C(O)C(O)CNC(=O)OC(C)(C)C)c[nH]c2c1. The second-order valence-electron chi connectivity index (χ2n) is 6.89. The summed E-state index contributed by atoms with van der Waals surface area (Å²) in [4.78, 5) is 26.2. The molecule has 8 heteroatoms. The lowest BCUT2D eigenvalue weighted by atomic mass is 10.0. The minimum absolute atomic E-state index is 0.178. The number of nitrogens with one attached hydrogen (secondary N) is 2. The number of aromatic nitrogens is 1. The third-order valence-electron chi connectivity index (χ3n) is 3.67. The number of amides is 1. The zero-order valence-corrected chi connectivity index (χ0v) is 15.2. The quantitative estimate of drug-likeness (QED) is 0.601. The van der Waals surface area contributed by atoms with Crippen LogP contribution in [0.2, 0.25) is 0 Å². The van der Waals surface area contributed by atoms with Crippen molar-refractivity contribution >= 4 is 23.0 Å². The summed E-state index contributed by atoms with van der Waals surface area (Å²) in [6, 6.07) is 4.83. The Hall–Kier alpha value is -2.58. The number of H-pyrrole nitrogens is 1. The van der Waals surface area contributed by atoms with Crippen molar-refractivity contribution < 1.29 is 29.3 Å². The van der Waals surface area contributed by atoms with Crippen molar-refractivity contribution in [3.05, 3.63) is 35.5 Å². The van der Waals surface area contributed by atoms with E-state index in [9.17, 15) is 19.8 Å². The topological polar surface area (TPSA) is 121 Å². The van der Waals surface area contributed by atoms with Gasteiger partial charge in [-0.05, 0) is 32.9 Å². The number of benzene rings is 1. The first-order valence-electron chi connectivity index (χ1n) is 8.14. The highest BCUT2D eigenvalue weighted by molar-refractivity contribution is 5.95. The van der Waals surface area contributed by atoms with Crippen LogP contribution in [0.25, 0.3) is 10.9 Å². The summed E-state index contributed by atoms with van der Waals surface area (Å²) in [7, 11) is 1.30. The molecule has 2 atom stereocenters. The molecule has 0 aliphatic rings. The molecule has 26 heavy (non-hydrogen) atoms. The first kappa shape index (κ1) is 19.7. The average Bonchev–Trinajstić information content (AvgIpc) is 2.99. The highest BCUT2D eigenvalue weighted by Gasteiger charge is 2.24. The zero-order chi connectivity index (χ0) is 19.5. The number of methoxy groups -OCH3 is 1. The molecule has 0 fully saturated rings. The molecule has 2 unspecified atom stereocenters. The van der Waals surface area contributed by atoms with Gasteiger partial charge in [-0.25, -0.2) is 9.59 Å². The summed E-state index contributed by atoms with van der Waals surface area (Å²) in [6.45, 7) is 5.01. The number of carbonyl (C=O) groups is 2. The van der Waals surface area contributed by atoms with Crippen LogP contribution < -0.4 is 5.32 Å². The summed E-state index contributed by atoms with van der Waals surface area (Å²) in [5.74, 6) is -0.467. The molecule has 0 spiro atoms. The lowest BCUT2D eigenvalue weighted by Gasteiger charge is -2.22. The highest BCUT2D eigenvalue weighted by atomic mass is 16.6. The largest absolute Gasteiger partial charge is 0.465 e. The number of aromatic amines is 1. The predicted molar refractivity (Wildman–Crippen MR) is 94.8 cm³/mol. The van der Waals surface area contributed by atoms with Crippen molar-refractivity contribution in [2.75, 3.05) is 13.7 Å². The van der Waals surface area contributed by atoms with Gasteiger partial charge in [-0.15, -0.1) is 0 Å². The van der Waals surface area contributed by atoms with E-state index in [0.717, 1.165) is 0 Å². The van der Waals surface area contributed by atoms with E-state index in [-0.39, 0.29) is 6.54 Å². The molecule has 8 nitrogen and oxygen atoms in total. The maximum atomic E-state index is 11.6. The van der Waals surface area contributed by atoms with E-state index in [4.69, 9.17) is 4.74 Å². The predicted octanol–water partition coefficient (Wildman–Crippen LogP) is 1.87. The summed E-state index contributed by atoms with van der Waals surface area (Å²) in [5.41, 5.74) is 0.793. The molecule has 142 valence electrons. The lowest BCUT2D eigenvalue weighted by molar-refractivity contribution is 0.0136. The number of hydrogen-bond donors (Lipinski definition) is 4. The van der Waals surface area contributed by atoms with Crippen LogP contribution in [0.3, 0.4) is 0 Å². The minimum atomic E-state index is -1.23. The monoisotopic (exact) mass is 364 g/mol. The number of fused-ring (bicyclic) bond motifs is 1. The first-order valence-corrected chi connectivity index (χ1v) is 8.14. The van der Waals surface area contributed by atoms with Crippen LogP contribution in [-0.2, 0) is 9.47 Å². The maximum Gasteiger partial charge on any atom is 0.407 e. The Morgan fingerprint density at radius 1 is 1.27 bits per heavy atom. The molecular weight excluding hydrogens is 340 g/mol. The smallest absolute Gasteiger partial charge is 0.407 e. The van der Waals surface area contributed by atoms with Crippen molar-refractivity contribution in [2.24, 2.45) is 0 Å². The van der Waals surface area contributed by atoms with E-state index in [1.807, 2.05) is 0 Å². The van der Waals surface area contributed by atoms with Gasteiger partial charge in [0.1, 0.15) is 17.8 Å². The van der Waals surface area contributed by atoms with Crippen molar-refractivity contribution in [1.82, 2.24) is 10.3 Å². The molecule has 1 amide bonds. The Morgan fingerprint density at radius 3 is 2.58 bits per heavy atom.